The predicted octanol–water partition coefficient (Wildman–Crippen LogP) is 0.386. The Morgan fingerprint density at radius 1 is 1.32 bits per heavy atom. The van der Waals surface area contributed by atoms with Crippen molar-refractivity contribution in [2.24, 2.45) is 5.92 Å². The normalized spacial score (nSPS) is 18.7. The number of amides is 2. The zero-order chi connectivity index (χ0) is 29.9. The average molecular weight is 591 g/mol. The number of fused-ring (bicyclic) bond motifs is 1. The molecule has 3 atom stereocenters. The Labute approximate surface area is 237 Å². The van der Waals surface area contributed by atoms with Gasteiger partial charge in [-0.25, -0.2) is 13.1 Å². The lowest BCUT2D eigenvalue weighted by molar-refractivity contribution is -0.134. The molecular formula is C25H34N8O7S. The minimum atomic E-state index is -3.96. The number of likely N-dealkylation sites (N-methyl/N-ethyl adjacent to an activating group) is 1. The van der Waals surface area contributed by atoms with Crippen molar-refractivity contribution in [1.82, 2.24) is 34.6 Å². The summed E-state index contributed by atoms with van der Waals surface area (Å²) < 4.78 is 40.8. The van der Waals surface area contributed by atoms with E-state index in [1.807, 2.05) is 6.92 Å². The van der Waals surface area contributed by atoms with E-state index in [-0.39, 0.29) is 66.7 Å². The highest BCUT2D eigenvalue weighted by molar-refractivity contribution is 7.89. The molecule has 222 valence electrons. The van der Waals surface area contributed by atoms with E-state index in [2.05, 4.69) is 26.0 Å². The topological polar surface area (TPSA) is 186 Å². The van der Waals surface area contributed by atoms with E-state index in [0.29, 0.717) is 17.0 Å². The molecule has 4 rings (SSSR count). The van der Waals surface area contributed by atoms with E-state index in [9.17, 15) is 23.1 Å². The van der Waals surface area contributed by atoms with Crippen LogP contribution in [0.5, 0.6) is 5.75 Å². The van der Waals surface area contributed by atoms with Gasteiger partial charge < -0.3 is 24.6 Å². The predicted molar refractivity (Wildman–Crippen MR) is 144 cm³/mol. The van der Waals surface area contributed by atoms with Crippen LogP contribution >= 0.6 is 0 Å². The van der Waals surface area contributed by atoms with Crippen molar-refractivity contribution in [1.29, 1.82) is 0 Å². The molecule has 1 aromatic carbocycles. The van der Waals surface area contributed by atoms with E-state index in [0.717, 1.165) is 0 Å². The molecule has 15 nitrogen and oxygen atoms in total. The fraction of sp³-hybridized carbons (Fsp3) is 0.520. The molecule has 0 radical (unpaired) electrons. The van der Waals surface area contributed by atoms with Crippen LogP contribution in [0.2, 0.25) is 0 Å². The molecule has 2 N–H and O–H groups in total. The number of nitrogens with one attached hydrogen (secondary N) is 1. The summed E-state index contributed by atoms with van der Waals surface area (Å²) in [5.41, 5.74) is 1.19. The molecule has 3 heterocycles. The Kier molecular flexibility index (Phi) is 9.04. The first kappa shape index (κ1) is 30.1. The lowest BCUT2D eigenvalue weighted by atomic mass is 10.0. The Morgan fingerprint density at radius 3 is 2.71 bits per heavy atom. The summed E-state index contributed by atoms with van der Waals surface area (Å²) in [7, 11) is -2.51. The van der Waals surface area contributed by atoms with Crippen molar-refractivity contribution in [3.63, 3.8) is 0 Å². The van der Waals surface area contributed by atoms with Gasteiger partial charge in [0.2, 0.25) is 21.8 Å². The molecule has 1 aliphatic heterocycles. The molecule has 0 unspecified atom stereocenters. The summed E-state index contributed by atoms with van der Waals surface area (Å²) >= 11 is 0. The SMILES string of the molecule is Cc1noc(C)c1S(=O)(=O)N(C)C[C@@H]1Oc2ccc(NC(=O)Cn3cnnn3)cc2CC(=O)N([C@H](C)CO)C[C@@H]1C. The number of aliphatic hydroxyl groups excluding tert-OH is 1. The Hall–Kier alpha value is -3.89. The summed E-state index contributed by atoms with van der Waals surface area (Å²) in [4.78, 5) is 27.5. The van der Waals surface area contributed by atoms with Crippen LogP contribution in [0.3, 0.4) is 0 Å². The first-order valence-corrected chi connectivity index (χ1v) is 14.4. The average Bonchev–Trinajstić information content (AvgIpc) is 3.56. The summed E-state index contributed by atoms with van der Waals surface area (Å²) in [5.74, 6) is -0.364. The third-order valence-corrected chi connectivity index (χ3v) is 9.04. The first-order chi connectivity index (χ1) is 19.4. The molecule has 0 saturated heterocycles. The van der Waals surface area contributed by atoms with Gasteiger partial charge in [0.15, 0.2) is 5.76 Å². The maximum atomic E-state index is 13.4. The fourth-order valence-electron chi connectivity index (χ4n) is 4.68. The van der Waals surface area contributed by atoms with E-state index < -0.39 is 22.2 Å². The van der Waals surface area contributed by atoms with Crippen LogP contribution in [0, 0.1) is 19.8 Å². The minimum Gasteiger partial charge on any atom is -0.488 e. The number of benzene rings is 1. The number of aryl methyl sites for hydroxylation is 2. The van der Waals surface area contributed by atoms with Crippen LogP contribution in [0.1, 0.15) is 30.9 Å². The number of hydrogen-bond donors (Lipinski definition) is 2. The second-order valence-corrected chi connectivity index (χ2v) is 12.2. The van der Waals surface area contributed by atoms with Crippen molar-refractivity contribution in [3.05, 3.63) is 41.5 Å². The quantitative estimate of drug-likeness (QED) is 0.351. The highest BCUT2D eigenvalue weighted by Gasteiger charge is 2.35. The van der Waals surface area contributed by atoms with Crippen LogP contribution in [-0.4, -0.2) is 98.8 Å². The zero-order valence-electron chi connectivity index (χ0n) is 23.5. The third kappa shape index (κ3) is 6.71. The molecule has 0 saturated carbocycles. The number of tetrazole rings is 1. The molecule has 2 aromatic heterocycles. The number of aromatic nitrogens is 5. The number of carbonyl (C=O) groups is 2. The Morgan fingerprint density at radius 2 is 2.07 bits per heavy atom. The van der Waals surface area contributed by atoms with E-state index in [4.69, 9.17) is 9.26 Å². The van der Waals surface area contributed by atoms with Crippen LogP contribution < -0.4 is 10.1 Å². The molecular weight excluding hydrogens is 556 g/mol. The van der Waals surface area contributed by atoms with Gasteiger partial charge in [-0.05, 0) is 49.4 Å². The van der Waals surface area contributed by atoms with Crippen LogP contribution in [0.25, 0.3) is 0 Å². The monoisotopic (exact) mass is 590 g/mol. The standard InChI is InChI=1S/C25H34N8O7S/c1-15-10-33(16(2)13-34)24(36)9-19-8-20(27-23(35)12-32-14-26-29-30-32)6-7-21(19)39-22(15)11-31(5)41(37,38)25-17(3)28-40-18(25)4/h6-8,14-16,22,34H,9-13H2,1-5H3,(H,27,35)/t15-,16+,22-/m0/s1. The number of anilines is 1. The highest BCUT2D eigenvalue weighted by Crippen LogP contribution is 2.30. The zero-order valence-corrected chi connectivity index (χ0v) is 24.3. The molecule has 2 amide bonds. The molecule has 0 spiro atoms. The maximum Gasteiger partial charge on any atom is 0.248 e. The molecule has 0 bridgehead atoms. The summed E-state index contributed by atoms with van der Waals surface area (Å²) in [6, 6.07) is 4.45. The van der Waals surface area contributed by atoms with Gasteiger partial charge in [-0.15, -0.1) is 5.10 Å². The van der Waals surface area contributed by atoms with Gasteiger partial charge >= 0.3 is 0 Å². The van der Waals surface area contributed by atoms with E-state index in [1.165, 1.54) is 29.3 Å². The van der Waals surface area contributed by atoms with Gasteiger partial charge in [0.05, 0.1) is 25.6 Å². The summed E-state index contributed by atoms with van der Waals surface area (Å²) in [6.45, 7) is 6.55. The first-order valence-electron chi connectivity index (χ1n) is 13.0. The number of rotatable bonds is 9. The highest BCUT2D eigenvalue weighted by atomic mass is 32.2. The number of nitrogens with zero attached hydrogens (tertiary/aromatic N) is 7. The Bertz CT molecular complexity index is 1470. The van der Waals surface area contributed by atoms with Crippen molar-refractivity contribution in [3.8, 4) is 5.75 Å². The molecule has 0 aliphatic carbocycles. The summed E-state index contributed by atoms with van der Waals surface area (Å²) in [6.07, 6.45) is 0.592. The van der Waals surface area contributed by atoms with Gasteiger partial charge in [-0.3, -0.25) is 9.59 Å². The van der Waals surface area contributed by atoms with Crippen molar-refractivity contribution in [2.45, 2.75) is 57.7 Å². The number of sulfonamides is 1. The van der Waals surface area contributed by atoms with E-state index in [1.54, 1.807) is 36.9 Å². The van der Waals surface area contributed by atoms with Crippen LogP contribution in [-0.2, 0) is 32.6 Å². The molecule has 41 heavy (non-hydrogen) atoms. The van der Waals surface area contributed by atoms with E-state index >= 15 is 0 Å². The number of ether oxygens (including phenoxy) is 1. The van der Waals surface area contributed by atoms with Gasteiger partial charge in [0, 0.05) is 30.8 Å². The number of carbonyl (C=O) groups excluding carboxylic acids is 2. The molecule has 16 heteroatoms. The molecule has 1 aliphatic rings. The molecule has 3 aromatic rings. The third-order valence-electron chi connectivity index (χ3n) is 6.97. The fourth-order valence-corrected chi connectivity index (χ4v) is 6.14. The van der Waals surface area contributed by atoms with Gasteiger partial charge in [0.1, 0.15) is 35.3 Å². The van der Waals surface area contributed by atoms with Crippen LogP contribution in [0.4, 0.5) is 5.69 Å². The minimum absolute atomic E-state index is 0.00360. The van der Waals surface area contributed by atoms with Crippen LogP contribution in [0.15, 0.2) is 33.9 Å². The van der Waals surface area contributed by atoms with Crippen molar-refractivity contribution in [2.75, 3.05) is 32.1 Å². The lowest BCUT2D eigenvalue weighted by Crippen LogP contribution is -2.48. The molecule has 0 fully saturated rings. The van der Waals surface area contributed by atoms with Gasteiger partial charge in [-0.1, -0.05) is 12.1 Å². The number of aliphatic hydroxyl groups is 1. The summed E-state index contributed by atoms with van der Waals surface area (Å²) in [5, 5.41) is 27.1. The smallest absolute Gasteiger partial charge is 0.248 e. The van der Waals surface area contributed by atoms with Crippen molar-refractivity contribution >= 4 is 27.5 Å². The number of hydrogen-bond acceptors (Lipinski definition) is 11. The second kappa shape index (κ2) is 12.3. The van der Waals surface area contributed by atoms with Gasteiger partial charge in [0.25, 0.3) is 0 Å². The maximum absolute atomic E-state index is 13.4. The largest absolute Gasteiger partial charge is 0.488 e. The lowest BCUT2D eigenvalue weighted by Gasteiger charge is -2.33. The second-order valence-electron chi connectivity index (χ2n) is 10.2. The Balaban J connectivity index is 1.64. The van der Waals surface area contributed by atoms with Crippen molar-refractivity contribution < 1.29 is 32.4 Å². The van der Waals surface area contributed by atoms with Gasteiger partial charge in [-0.2, -0.15) is 4.31 Å².